The van der Waals surface area contributed by atoms with Crippen molar-refractivity contribution in [3.63, 3.8) is 0 Å². The summed E-state index contributed by atoms with van der Waals surface area (Å²) in [4.78, 5) is 67.6. The lowest BCUT2D eigenvalue weighted by Gasteiger charge is -2.38. The monoisotopic (exact) mass is 999 g/mol. The standard InChI is InChI=1S/C57H61N9O6S/c1-35-39(40-18-20-49(59-52(40)56(70)71)66-31-26-38-10-5-12-41(44(38)34-66)54(68)61-57-58-45-14-3-4-17-48(45)73-57)11-7-16-47(35)72-32-8-9-36-22-27-64(28-23-36)33-37-24-29-65(30-25-37)46-15-6-13-42-51(62-63(2)53(42)46)43-19-21-50(67)60-55(43)69/h3-7,10-18,20,36-37,43H,8-9,19,21-34H2,1-2H3,(H,70,71)(H,58,61,68)(H,60,67,69). The Kier molecular flexibility index (Phi) is 13.7. The number of likely N-dealkylation sites (tertiary alicyclic amines) is 1. The molecule has 0 aliphatic carbocycles. The van der Waals surface area contributed by atoms with Crippen molar-refractivity contribution >= 4 is 72.8 Å². The second-order valence-corrected chi connectivity index (χ2v) is 21.2. The fraction of sp³-hybridized carbons (Fsp3) is 0.386. The molecule has 16 heteroatoms. The number of thiazole rings is 1. The normalized spacial score (nSPS) is 18.0. The van der Waals surface area contributed by atoms with E-state index >= 15 is 0 Å². The van der Waals surface area contributed by atoms with Gasteiger partial charge in [-0.25, -0.2) is 14.8 Å². The Morgan fingerprint density at radius 2 is 1.62 bits per heavy atom. The molecule has 73 heavy (non-hydrogen) atoms. The molecule has 1 atom stereocenters. The van der Waals surface area contributed by atoms with Crippen LogP contribution in [0.2, 0.25) is 0 Å². The van der Waals surface area contributed by atoms with Crippen LogP contribution in [0.25, 0.3) is 32.2 Å². The molecule has 3 fully saturated rings. The Hall–Kier alpha value is -7.17. The van der Waals surface area contributed by atoms with Gasteiger partial charge in [-0.2, -0.15) is 5.10 Å². The number of carbonyl (C=O) groups is 4. The lowest BCUT2D eigenvalue weighted by molar-refractivity contribution is -0.134. The van der Waals surface area contributed by atoms with E-state index in [0.717, 1.165) is 119 Å². The van der Waals surface area contributed by atoms with E-state index in [2.05, 4.69) is 43.6 Å². The number of benzene rings is 4. The van der Waals surface area contributed by atoms with Crippen LogP contribution in [0.1, 0.15) is 101 Å². The average Bonchev–Trinajstić information content (AvgIpc) is 3.98. The van der Waals surface area contributed by atoms with Gasteiger partial charge in [0, 0.05) is 62.7 Å². The Balaban J connectivity index is 0.654. The van der Waals surface area contributed by atoms with Crippen molar-refractivity contribution in [3.05, 3.63) is 125 Å². The number of nitrogens with zero attached hydrogens (tertiary/aromatic N) is 7. The lowest BCUT2D eigenvalue weighted by atomic mass is 9.90. The largest absolute Gasteiger partial charge is 0.493 e. The van der Waals surface area contributed by atoms with E-state index in [1.807, 2.05) is 96.3 Å². The van der Waals surface area contributed by atoms with E-state index in [4.69, 9.17) is 14.8 Å². The summed E-state index contributed by atoms with van der Waals surface area (Å²) in [5.41, 5.74) is 8.52. The van der Waals surface area contributed by atoms with Crippen LogP contribution in [0.15, 0.2) is 91.0 Å². The summed E-state index contributed by atoms with van der Waals surface area (Å²) in [7, 11) is 1.95. The molecule has 3 amide bonds. The number of rotatable bonds is 14. The minimum Gasteiger partial charge on any atom is -0.493 e. The van der Waals surface area contributed by atoms with Crippen molar-refractivity contribution in [2.45, 2.75) is 77.2 Å². The summed E-state index contributed by atoms with van der Waals surface area (Å²) in [5.74, 6) is 0.409. The molecule has 1 unspecified atom stereocenters. The van der Waals surface area contributed by atoms with Crippen LogP contribution in [-0.2, 0) is 29.6 Å². The van der Waals surface area contributed by atoms with Gasteiger partial charge in [-0.15, -0.1) is 0 Å². The maximum absolute atomic E-state index is 13.7. The summed E-state index contributed by atoms with van der Waals surface area (Å²) in [6, 6.07) is 29.4. The van der Waals surface area contributed by atoms with Gasteiger partial charge in [-0.05, 0) is 148 Å². The second kappa shape index (κ2) is 20.7. The summed E-state index contributed by atoms with van der Waals surface area (Å²) < 4.78 is 9.31. The van der Waals surface area contributed by atoms with Gasteiger partial charge in [0.05, 0.1) is 39.6 Å². The molecule has 4 aromatic carbocycles. The number of para-hydroxylation sites is 2. The number of aryl methyl sites for hydroxylation is 1. The fourth-order valence-corrected chi connectivity index (χ4v) is 12.6. The maximum Gasteiger partial charge on any atom is 0.355 e. The van der Waals surface area contributed by atoms with Gasteiger partial charge in [0.1, 0.15) is 11.6 Å². The quantitative estimate of drug-likeness (QED) is 0.0697. The Bertz CT molecular complexity index is 3210. The molecule has 0 spiro atoms. The van der Waals surface area contributed by atoms with Gasteiger partial charge in [0.25, 0.3) is 5.91 Å². The molecule has 0 radical (unpaired) electrons. The van der Waals surface area contributed by atoms with Crippen molar-refractivity contribution in [1.82, 2.24) is 30.0 Å². The molecule has 3 aromatic heterocycles. The molecule has 0 saturated carbocycles. The van der Waals surface area contributed by atoms with Gasteiger partial charge in [0.15, 0.2) is 10.8 Å². The first-order chi connectivity index (χ1) is 35.5. The zero-order valence-electron chi connectivity index (χ0n) is 41.4. The van der Waals surface area contributed by atoms with E-state index in [9.17, 15) is 24.3 Å². The Morgan fingerprint density at radius 3 is 2.42 bits per heavy atom. The number of carboxylic acid groups (broad SMARTS) is 1. The van der Waals surface area contributed by atoms with E-state index in [-0.39, 0.29) is 23.4 Å². The first-order valence-corrected chi connectivity index (χ1v) is 26.6. The number of carboxylic acids is 1. The van der Waals surface area contributed by atoms with Crippen LogP contribution in [-0.4, -0.2) is 99.3 Å². The molecular weight excluding hydrogens is 939 g/mol. The highest BCUT2D eigenvalue weighted by atomic mass is 32.1. The molecule has 4 aliphatic rings. The summed E-state index contributed by atoms with van der Waals surface area (Å²) in [6.45, 7) is 8.97. The molecule has 3 N–H and O–H groups in total. The van der Waals surface area contributed by atoms with Crippen LogP contribution in [0, 0.1) is 18.8 Å². The number of ether oxygens (including phenoxy) is 1. The number of aromatic carboxylic acids is 1. The number of amides is 3. The molecule has 0 bridgehead atoms. The average molecular weight is 1000 g/mol. The van der Waals surface area contributed by atoms with Gasteiger partial charge < -0.3 is 24.5 Å². The zero-order chi connectivity index (χ0) is 50.2. The number of fused-ring (bicyclic) bond motifs is 3. The summed E-state index contributed by atoms with van der Waals surface area (Å²) >= 11 is 1.44. The predicted octanol–water partition coefficient (Wildman–Crippen LogP) is 9.37. The van der Waals surface area contributed by atoms with Crippen LogP contribution >= 0.6 is 11.3 Å². The maximum atomic E-state index is 13.7. The minimum atomic E-state index is -1.10. The van der Waals surface area contributed by atoms with Crippen LogP contribution in [0.5, 0.6) is 5.75 Å². The smallest absolute Gasteiger partial charge is 0.355 e. The number of hydrogen-bond donors (Lipinski definition) is 3. The van der Waals surface area contributed by atoms with E-state index in [1.54, 1.807) is 0 Å². The molecule has 3 saturated heterocycles. The fourth-order valence-electron chi connectivity index (χ4n) is 11.7. The number of pyridine rings is 1. The number of hydrogen-bond acceptors (Lipinski definition) is 12. The van der Waals surface area contributed by atoms with Gasteiger partial charge >= 0.3 is 5.97 Å². The number of anilines is 3. The van der Waals surface area contributed by atoms with Gasteiger partial charge in [0.2, 0.25) is 11.8 Å². The van der Waals surface area contributed by atoms with Crippen LogP contribution in [0.4, 0.5) is 16.6 Å². The Morgan fingerprint density at radius 1 is 0.822 bits per heavy atom. The molecule has 7 aromatic rings. The highest BCUT2D eigenvalue weighted by molar-refractivity contribution is 7.22. The number of piperidine rings is 3. The highest BCUT2D eigenvalue weighted by Crippen LogP contribution is 2.38. The van der Waals surface area contributed by atoms with Crippen LogP contribution < -0.4 is 25.2 Å². The number of imide groups is 1. The number of carbonyl (C=O) groups excluding carboxylic acids is 3. The van der Waals surface area contributed by atoms with E-state index in [0.29, 0.717) is 72.9 Å². The van der Waals surface area contributed by atoms with Crippen molar-refractivity contribution in [2.75, 3.05) is 61.0 Å². The highest BCUT2D eigenvalue weighted by Gasteiger charge is 2.33. The second-order valence-electron chi connectivity index (χ2n) is 20.2. The van der Waals surface area contributed by atoms with E-state index < -0.39 is 11.9 Å². The molecule has 15 nitrogen and oxygen atoms in total. The van der Waals surface area contributed by atoms with Gasteiger partial charge in [-0.3, -0.25) is 29.7 Å². The predicted molar refractivity (Wildman–Crippen MR) is 285 cm³/mol. The third kappa shape index (κ3) is 10.0. The first kappa shape index (κ1) is 48.1. The zero-order valence-corrected chi connectivity index (χ0v) is 42.3. The van der Waals surface area contributed by atoms with Crippen LogP contribution in [0.3, 0.4) is 0 Å². The van der Waals surface area contributed by atoms with Crippen molar-refractivity contribution in [2.24, 2.45) is 18.9 Å². The summed E-state index contributed by atoms with van der Waals surface area (Å²) in [5, 5.41) is 22.4. The lowest BCUT2D eigenvalue weighted by Crippen LogP contribution is -2.41. The summed E-state index contributed by atoms with van der Waals surface area (Å²) in [6.07, 6.45) is 8.23. The molecule has 11 rings (SSSR count). The van der Waals surface area contributed by atoms with Crippen molar-refractivity contribution < 1.29 is 29.0 Å². The topological polar surface area (TPSA) is 175 Å². The third-order valence-corrected chi connectivity index (χ3v) is 16.6. The SMILES string of the molecule is Cc1c(OCCCC2CCN(CC3CCN(c4cccc5c(C6CCC(=O)NC6=O)nn(C)c45)CC3)CC2)cccc1-c1ccc(N2CCc3cccc(C(=O)Nc4nc5ccccc5s4)c3C2)nc1C(=O)O. The minimum absolute atomic E-state index is 0.0238. The number of aromatic nitrogens is 4. The molecule has 7 heterocycles. The third-order valence-electron chi connectivity index (χ3n) is 15.6. The van der Waals surface area contributed by atoms with Gasteiger partial charge in [-0.1, -0.05) is 59.9 Å². The molecular formula is C57H61N9O6S. The van der Waals surface area contributed by atoms with Crippen molar-refractivity contribution in [1.29, 1.82) is 0 Å². The molecule has 4 aliphatic heterocycles. The van der Waals surface area contributed by atoms with E-state index in [1.165, 1.54) is 24.2 Å². The first-order valence-electron chi connectivity index (χ1n) is 25.8. The Labute approximate surface area is 428 Å². The molecule has 376 valence electrons. The number of nitrogens with one attached hydrogen (secondary N) is 2. The van der Waals surface area contributed by atoms with Crippen molar-refractivity contribution in [3.8, 4) is 16.9 Å².